The number of carbonyl (C=O) groups is 1. The predicted molar refractivity (Wildman–Crippen MR) is 158 cm³/mol. The van der Waals surface area contributed by atoms with Crippen LogP contribution in [0, 0.1) is 0 Å². The molecule has 4 heteroatoms. The van der Waals surface area contributed by atoms with Gasteiger partial charge in [0.2, 0.25) is 5.91 Å². The largest absolute Gasteiger partial charge is 0.393 e. The van der Waals surface area contributed by atoms with E-state index < -0.39 is 0 Å². The Morgan fingerprint density at radius 1 is 0.811 bits per heavy atom. The molecule has 2 N–H and O–H groups in total. The highest BCUT2D eigenvalue weighted by atomic mass is 16.3. The molecule has 2 aromatic rings. The summed E-state index contributed by atoms with van der Waals surface area (Å²) in [5, 5.41) is 13.3. The molecule has 2 aromatic carbocycles. The van der Waals surface area contributed by atoms with Gasteiger partial charge in [0, 0.05) is 17.8 Å². The number of nitrogens with zero attached hydrogens (tertiary/aromatic N) is 1. The van der Waals surface area contributed by atoms with Gasteiger partial charge in [0.25, 0.3) is 0 Å². The third-order valence-corrected chi connectivity index (χ3v) is 6.84. The molecule has 0 aliphatic carbocycles. The summed E-state index contributed by atoms with van der Waals surface area (Å²) in [6.07, 6.45) is 18.7. The van der Waals surface area contributed by atoms with E-state index >= 15 is 0 Å². The van der Waals surface area contributed by atoms with E-state index in [0.29, 0.717) is 6.42 Å². The van der Waals surface area contributed by atoms with E-state index in [1.807, 2.05) is 36.4 Å². The Bertz CT molecular complexity index is 814. The monoisotopic (exact) mass is 506 g/mol. The molecule has 0 saturated heterocycles. The summed E-state index contributed by atoms with van der Waals surface area (Å²) in [6.45, 7) is 4.33. The summed E-state index contributed by atoms with van der Waals surface area (Å²) >= 11 is 0. The van der Waals surface area contributed by atoms with Gasteiger partial charge in [-0.25, -0.2) is 0 Å². The third kappa shape index (κ3) is 13.0. The zero-order valence-corrected chi connectivity index (χ0v) is 23.3. The van der Waals surface area contributed by atoms with Gasteiger partial charge in [0.15, 0.2) is 0 Å². The van der Waals surface area contributed by atoms with Crippen LogP contribution in [0.1, 0.15) is 104 Å². The van der Waals surface area contributed by atoms with Crippen molar-refractivity contribution >= 4 is 17.3 Å². The van der Waals surface area contributed by atoms with Gasteiger partial charge in [0.1, 0.15) is 6.17 Å². The molecule has 0 heterocycles. The number of aliphatic hydroxyl groups excluding tert-OH is 1. The van der Waals surface area contributed by atoms with Crippen LogP contribution < -0.4 is 10.2 Å². The van der Waals surface area contributed by atoms with E-state index in [-0.39, 0.29) is 18.2 Å². The third-order valence-electron chi connectivity index (χ3n) is 6.84. The molecule has 0 spiro atoms. The van der Waals surface area contributed by atoms with E-state index in [9.17, 15) is 9.90 Å². The van der Waals surface area contributed by atoms with Crippen LogP contribution in [-0.4, -0.2) is 23.3 Å². The van der Waals surface area contributed by atoms with Gasteiger partial charge in [0.05, 0.1) is 6.10 Å². The minimum atomic E-state index is -0.181. The maximum Gasteiger partial charge on any atom is 0.221 e. The first-order valence-electron chi connectivity index (χ1n) is 14.7. The lowest BCUT2D eigenvalue weighted by molar-refractivity contribution is -0.121. The highest BCUT2D eigenvalue weighted by molar-refractivity contribution is 5.77. The van der Waals surface area contributed by atoms with E-state index in [4.69, 9.17) is 0 Å². The second-order valence-corrected chi connectivity index (χ2v) is 10.0. The molecule has 0 aliphatic rings. The standard InChI is InChI=1S/C33H50N2O2/c1-3-5-6-19-26-31(36)27-20-11-9-7-8-10-12-21-28-33(37)34-32(4-2)35(29-22-15-13-16-23-29)30-24-17-14-18-25-30/h11,13-18,20,22-25,31-32,36H,3-10,12,19,21,26-28H2,1-2H3,(H,34,37)/t31-,32?/m1/s1. The first-order valence-corrected chi connectivity index (χ1v) is 14.7. The lowest BCUT2D eigenvalue weighted by Gasteiger charge is -2.34. The summed E-state index contributed by atoms with van der Waals surface area (Å²) < 4.78 is 0. The maximum atomic E-state index is 12.8. The zero-order chi connectivity index (χ0) is 26.6. The number of benzene rings is 2. The first-order chi connectivity index (χ1) is 18.2. The SMILES string of the molecule is CCCCCC[C@@H](O)CC=CCCCCCCCC(=O)NC(CC)N(c1ccccc1)c1ccccc1. The molecule has 204 valence electrons. The number of amides is 1. The summed E-state index contributed by atoms with van der Waals surface area (Å²) in [6, 6.07) is 20.5. The number of anilines is 2. The highest BCUT2D eigenvalue weighted by Crippen LogP contribution is 2.28. The molecule has 2 rings (SSSR count). The fourth-order valence-corrected chi connectivity index (χ4v) is 4.67. The Labute approximate surface area is 226 Å². The van der Waals surface area contributed by atoms with E-state index in [0.717, 1.165) is 56.3 Å². The number of para-hydroxylation sites is 2. The lowest BCUT2D eigenvalue weighted by Crippen LogP contribution is -2.45. The summed E-state index contributed by atoms with van der Waals surface area (Å²) in [5.41, 5.74) is 2.16. The van der Waals surface area contributed by atoms with Gasteiger partial charge >= 0.3 is 0 Å². The number of carbonyl (C=O) groups excluding carboxylic acids is 1. The predicted octanol–water partition coefficient (Wildman–Crippen LogP) is 8.69. The Morgan fingerprint density at radius 2 is 1.41 bits per heavy atom. The fraction of sp³-hybridized carbons (Fsp3) is 0.545. The lowest BCUT2D eigenvalue weighted by atomic mass is 10.1. The van der Waals surface area contributed by atoms with Crippen molar-refractivity contribution in [3.05, 3.63) is 72.8 Å². The Balaban J connectivity index is 1.63. The topological polar surface area (TPSA) is 52.6 Å². The summed E-state index contributed by atoms with van der Waals surface area (Å²) in [4.78, 5) is 15.0. The Morgan fingerprint density at radius 3 is 2.03 bits per heavy atom. The van der Waals surface area contributed by atoms with Crippen molar-refractivity contribution in [1.29, 1.82) is 0 Å². The number of unbranched alkanes of at least 4 members (excludes halogenated alkanes) is 8. The maximum absolute atomic E-state index is 12.8. The average molecular weight is 507 g/mol. The van der Waals surface area contributed by atoms with Crippen LogP contribution in [0.25, 0.3) is 0 Å². The normalized spacial score (nSPS) is 12.9. The van der Waals surface area contributed by atoms with Crippen LogP contribution in [0.2, 0.25) is 0 Å². The zero-order valence-electron chi connectivity index (χ0n) is 23.3. The van der Waals surface area contributed by atoms with Crippen LogP contribution in [0.4, 0.5) is 11.4 Å². The second-order valence-electron chi connectivity index (χ2n) is 10.0. The molecule has 0 aliphatic heterocycles. The summed E-state index contributed by atoms with van der Waals surface area (Å²) in [5.74, 6) is 0.125. The van der Waals surface area contributed by atoms with E-state index in [1.165, 1.54) is 38.5 Å². The van der Waals surface area contributed by atoms with Gasteiger partial charge in [-0.05, 0) is 62.8 Å². The first kappa shape index (κ1) is 30.6. The number of aliphatic hydroxyl groups is 1. The Hall–Kier alpha value is -2.59. The minimum absolute atomic E-state index is 0.0843. The van der Waals surface area contributed by atoms with Crippen molar-refractivity contribution in [2.75, 3.05) is 4.90 Å². The minimum Gasteiger partial charge on any atom is -0.393 e. The molecule has 1 amide bonds. The Kier molecular flexibility index (Phi) is 16.2. The van der Waals surface area contributed by atoms with Crippen molar-refractivity contribution in [2.24, 2.45) is 0 Å². The number of hydrogen-bond donors (Lipinski definition) is 2. The molecule has 0 saturated carbocycles. The van der Waals surface area contributed by atoms with Gasteiger partial charge in [-0.3, -0.25) is 4.79 Å². The summed E-state index contributed by atoms with van der Waals surface area (Å²) in [7, 11) is 0. The molecule has 4 nitrogen and oxygen atoms in total. The van der Waals surface area contributed by atoms with Gasteiger partial charge in [-0.15, -0.1) is 0 Å². The van der Waals surface area contributed by atoms with Crippen molar-refractivity contribution in [3.63, 3.8) is 0 Å². The molecule has 0 fully saturated rings. The number of hydrogen-bond acceptors (Lipinski definition) is 3. The van der Waals surface area contributed by atoms with Crippen LogP contribution in [-0.2, 0) is 4.79 Å². The van der Waals surface area contributed by atoms with Gasteiger partial charge < -0.3 is 15.3 Å². The number of nitrogens with one attached hydrogen (secondary N) is 1. The van der Waals surface area contributed by atoms with E-state index in [2.05, 4.69) is 60.5 Å². The van der Waals surface area contributed by atoms with Crippen molar-refractivity contribution < 1.29 is 9.90 Å². The van der Waals surface area contributed by atoms with Crippen molar-refractivity contribution in [2.45, 2.75) is 116 Å². The smallest absolute Gasteiger partial charge is 0.221 e. The molecular weight excluding hydrogens is 456 g/mol. The second kappa shape index (κ2) is 19.5. The van der Waals surface area contributed by atoms with Crippen LogP contribution in [0.5, 0.6) is 0 Å². The number of allylic oxidation sites excluding steroid dienone is 1. The molecule has 0 aromatic heterocycles. The highest BCUT2D eigenvalue weighted by Gasteiger charge is 2.20. The van der Waals surface area contributed by atoms with Gasteiger partial charge in [-0.1, -0.05) is 107 Å². The van der Waals surface area contributed by atoms with Crippen LogP contribution >= 0.6 is 0 Å². The van der Waals surface area contributed by atoms with Crippen LogP contribution in [0.15, 0.2) is 72.8 Å². The average Bonchev–Trinajstić information content (AvgIpc) is 2.93. The van der Waals surface area contributed by atoms with Gasteiger partial charge in [-0.2, -0.15) is 0 Å². The molecule has 37 heavy (non-hydrogen) atoms. The van der Waals surface area contributed by atoms with Crippen LogP contribution in [0.3, 0.4) is 0 Å². The molecule has 2 atom stereocenters. The molecule has 0 bridgehead atoms. The molecule has 0 radical (unpaired) electrons. The van der Waals surface area contributed by atoms with E-state index in [1.54, 1.807) is 0 Å². The quantitative estimate of drug-likeness (QED) is 0.107. The van der Waals surface area contributed by atoms with Crippen molar-refractivity contribution in [3.8, 4) is 0 Å². The number of rotatable bonds is 20. The fourth-order valence-electron chi connectivity index (χ4n) is 4.67. The van der Waals surface area contributed by atoms with Crippen molar-refractivity contribution in [1.82, 2.24) is 5.32 Å². The molecular formula is C33H50N2O2. The molecule has 1 unspecified atom stereocenters.